The number of phenols is 2. The van der Waals surface area contributed by atoms with Gasteiger partial charge in [-0.1, -0.05) is 118 Å². The van der Waals surface area contributed by atoms with Crippen LogP contribution in [0.15, 0.2) is 164 Å². The van der Waals surface area contributed by atoms with E-state index in [1.54, 1.807) is 72.3 Å². The molecule has 24 nitrogen and oxygen atoms in total. The predicted molar refractivity (Wildman–Crippen MR) is 378 cm³/mol. The second kappa shape index (κ2) is 32.5. The Kier molecular flexibility index (Phi) is 23.4. The summed E-state index contributed by atoms with van der Waals surface area (Å²) in [6.45, 7) is 12.1. The maximum Gasteiger partial charge on any atom is 0.329 e. The number of nitrogen functional groups attached to an aromatic ring is 2. The Balaban J connectivity index is 0.000000255. The molecule has 1 aliphatic heterocycles. The SMILES string of the molecule is CC(c1ccc(CCCOCC(=O)O)cc1)n1cc(-c2cc(-c3ccccc3O)nnc2N)cn1.Cc1ncsc1-c1ccc(CNC(=O)[C@@H]2C[C@@H](O)CN2C(=O)[C@@H](NC(=O)COCCCc2ccc(C(C)n3cc(-c4cc(-c5ccccc5O)nnc4N)cn3)cc2)C(C)(C)C)cc1. The Hall–Kier alpha value is -10.7. The first-order valence-corrected chi connectivity index (χ1v) is 33.5. The van der Waals surface area contributed by atoms with Gasteiger partial charge in [-0.2, -0.15) is 10.2 Å². The highest BCUT2D eigenvalue weighted by atomic mass is 32.1. The first-order chi connectivity index (χ1) is 47.6. The van der Waals surface area contributed by atoms with E-state index in [0.29, 0.717) is 53.3 Å². The molecule has 1 saturated heterocycles. The first-order valence-electron chi connectivity index (χ1n) is 32.6. The van der Waals surface area contributed by atoms with E-state index in [2.05, 4.69) is 109 Å². The average molecular weight is 1360 g/mol. The van der Waals surface area contributed by atoms with Gasteiger partial charge in [0.15, 0.2) is 11.6 Å². The zero-order valence-electron chi connectivity index (χ0n) is 56.0. The predicted octanol–water partition coefficient (Wildman–Crippen LogP) is 10.0. The first kappa shape index (κ1) is 71.1. The second-order valence-corrected chi connectivity index (χ2v) is 26.3. The van der Waals surface area contributed by atoms with Gasteiger partial charge in [0.2, 0.25) is 17.7 Å². The van der Waals surface area contributed by atoms with Gasteiger partial charge < -0.3 is 56.9 Å². The van der Waals surface area contributed by atoms with E-state index < -0.39 is 41.4 Å². The van der Waals surface area contributed by atoms with Crippen molar-refractivity contribution in [1.29, 1.82) is 0 Å². The van der Waals surface area contributed by atoms with Crippen LogP contribution in [0.5, 0.6) is 11.5 Å². The number of aromatic hydroxyl groups is 2. The molecule has 5 aromatic heterocycles. The number of nitrogens with one attached hydrogen (secondary N) is 2. The summed E-state index contributed by atoms with van der Waals surface area (Å²) < 4.78 is 14.5. The van der Waals surface area contributed by atoms with Gasteiger partial charge in [-0.25, -0.2) is 9.78 Å². The fourth-order valence-electron chi connectivity index (χ4n) is 11.6. The van der Waals surface area contributed by atoms with Crippen LogP contribution in [0.4, 0.5) is 11.6 Å². The number of anilines is 2. The molecule has 1 fully saturated rings. The number of nitrogens with zero attached hydrogens (tertiary/aromatic N) is 10. The molecular weight excluding hydrogens is 1280 g/mol. The molecule has 0 bridgehead atoms. The number of carbonyl (C=O) groups excluding carboxylic acids is 3. The quantitative estimate of drug-likeness (QED) is 0.0234. The highest BCUT2D eigenvalue weighted by Gasteiger charge is 2.44. The number of nitrogens with two attached hydrogens (primary N) is 2. The average Bonchev–Trinajstić information content (AvgIpc) is 1.51. The van der Waals surface area contributed by atoms with Crippen LogP contribution in [0.1, 0.15) is 99.5 Å². The molecule has 11 rings (SSSR count). The third-order valence-corrected chi connectivity index (χ3v) is 18.2. The minimum absolute atomic E-state index is 0.00769. The van der Waals surface area contributed by atoms with Crippen molar-refractivity contribution in [1.82, 2.24) is 60.5 Å². The number of thiazole rings is 1. The maximum absolute atomic E-state index is 14.0. The molecule has 10 N–H and O–H groups in total. The topological polar surface area (TPSA) is 347 Å². The summed E-state index contributed by atoms with van der Waals surface area (Å²) in [5, 5.41) is 71.1. The summed E-state index contributed by atoms with van der Waals surface area (Å²) in [7, 11) is 0. The smallest absolute Gasteiger partial charge is 0.329 e. The maximum atomic E-state index is 14.0. The lowest BCUT2D eigenvalue weighted by atomic mass is 9.85. The fraction of sp³-hybridized carbons (Fsp3) is 0.311. The number of ether oxygens (including phenoxy) is 2. The molecule has 0 radical (unpaired) electrons. The highest BCUT2D eigenvalue weighted by molar-refractivity contribution is 7.13. The van der Waals surface area contributed by atoms with Gasteiger partial charge in [0.1, 0.15) is 36.8 Å². The van der Waals surface area contributed by atoms with Crippen LogP contribution in [0.2, 0.25) is 0 Å². The standard InChI is InChI=1S/C48H55N9O6S.C26H27N5O4/c1-29-43(64-28-51-29)34-18-14-32(15-19-34)23-50-46(61)40-21-36(58)26-56(40)47(62)44(48(3,4)5)53-42(60)27-63-20-8-9-31-12-16-33(17-13-31)30(2)57-25-35(24-52-57)38-22-39(54-55-45(38)49)37-10-6-7-11-41(37)59;1-17(19-10-8-18(9-11-19)5-4-12-35-16-25(33)34)31-15-20(14-28-31)22-13-23(29-30-26(22)27)21-6-2-3-7-24(21)32/h6-7,10-19,22,24-25,28,30,36,40,44,58-59H,8-9,20-21,23,26-27H2,1-5H3,(H2,49,55)(H,50,61)(H,53,60);2-3,6-11,13-15,17,32H,4-5,12,16H2,1H3,(H2,27,30)(H,33,34)/t30?,36-,40+,44-;/m1./s1. The molecule has 5 aromatic carbocycles. The summed E-state index contributed by atoms with van der Waals surface area (Å²) in [6, 6.07) is 40.0. The Labute approximate surface area is 577 Å². The number of β-amino-alcohol motifs (C(OH)–C–C–N with tert-alkyl or cyclic N) is 1. The number of hydrogen-bond acceptors (Lipinski definition) is 19. The van der Waals surface area contributed by atoms with E-state index in [1.165, 1.54) is 4.90 Å². The monoisotopic (exact) mass is 1360 g/mol. The Morgan fingerprint density at radius 3 is 1.63 bits per heavy atom. The number of carboxylic acid groups (broad SMARTS) is 1. The molecule has 0 aliphatic carbocycles. The summed E-state index contributed by atoms with van der Waals surface area (Å²) in [5.74, 6) is -1.41. The summed E-state index contributed by atoms with van der Waals surface area (Å²) in [5.41, 5.74) is 25.9. The van der Waals surface area contributed by atoms with Gasteiger partial charge >= 0.3 is 5.97 Å². The van der Waals surface area contributed by atoms with Crippen LogP contribution in [0, 0.1) is 12.3 Å². The van der Waals surface area contributed by atoms with Gasteiger partial charge in [0, 0.05) is 78.5 Å². The van der Waals surface area contributed by atoms with Gasteiger partial charge in [0.05, 0.1) is 58.1 Å². The van der Waals surface area contributed by atoms with Crippen LogP contribution < -0.4 is 22.1 Å². The van der Waals surface area contributed by atoms with Crippen LogP contribution in [0.25, 0.3) is 55.2 Å². The number of carboxylic acids is 1. The molecule has 10 aromatic rings. The minimum atomic E-state index is -0.955. The Morgan fingerprint density at radius 1 is 0.657 bits per heavy atom. The van der Waals surface area contributed by atoms with Crippen LogP contribution in [0.3, 0.4) is 0 Å². The number of phenolic OH excluding ortho intramolecular Hbond substituents is 2. The lowest BCUT2D eigenvalue weighted by Gasteiger charge is -2.35. The van der Waals surface area contributed by atoms with Crippen LogP contribution >= 0.6 is 11.3 Å². The number of hydrogen-bond donors (Lipinski definition) is 8. The summed E-state index contributed by atoms with van der Waals surface area (Å²) in [4.78, 5) is 57.9. The van der Waals surface area contributed by atoms with Crippen molar-refractivity contribution in [3.05, 3.63) is 197 Å². The third-order valence-electron chi connectivity index (χ3n) is 17.2. The van der Waals surface area contributed by atoms with Crippen molar-refractivity contribution in [3.63, 3.8) is 0 Å². The summed E-state index contributed by atoms with van der Waals surface area (Å²) in [6.07, 6.45) is 9.52. The van der Waals surface area contributed by atoms with Crippen molar-refractivity contribution in [2.75, 3.05) is 44.4 Å². The van der Waals surface area contributed by atoms with Crippen molar-refractivity contribution in [2.45, 2.75) is 110 Å². The van der Waals surface area contributed by atoms with E-state index in [9.17, 15) is 34.5 Å². The number of aliphatic hydroxyl groups excluding tert-OH is 1. The van der Waals surface area contributed by atoms with E-state index >= 15 is 0 Å². The third kappa shape index (κ3) is 18.3. The molecule has 5 atom stereocenters. The van der Waals surface area contributed by atoms with Crippen molar-refractivity contribution < 1.29 is 49.1 Å². The lowest BCUT2D eigenvalue weighted by molar-refractivity contribution is -0.144. The van der Waals surface area contributed by atoms with Crippen molar-refractivity contribution >= 4 is 46.7 Å². The fourth-order valence-corrected chi connectivity index (χ4v) is 12.4. The number of rotatable bonds is 26. The molecule has 99 heavy (non-hydrogen) atoms. The largest absolute Gasteiger partial charge is 0.507 e. The highest BCUT2D eigenvalue weighted by Crippen LogP contribution is 2.36. The van der Waals surface area contributed by atoms with Gasteiger partial charge in [-0.05, 0) is 122 Å². The number of aliphatic carboxylic acids is 1. The molecule has 6 heterocycles. The number of likely N-dealkylation sites (tertiary alicyclic amines) is 1. The number of aliphatic hydroxyl groups is 1. The summed E-state index contributed by atoms with van der Waals surface area (Å²) >= 11 is 1.57. The number of amides is 3. The normalized spacial score (nSPS) is 14.6. The minimum Gasteiger partial charge on any atom is -0.507 e. The molecule has 2 unspecified atom stereocenters. The molecule has 3 amide bonds. The van der Waals surface area contributed by atoms with Crippen LogP contribution in [-0.2, 0) is 48.0 Å². The zero-order chi connectivity index (χ0) is 70.3. The number of aryl methyl sites for hydroxylation is 3. The van der Waals surface area contributed by atoms with Gasteiger partial charge in [0.25, 0.3) is 0 Å². The molecule has 1 aliphatic rings. The number of carbonyl (C=O) groups is 4. The lowest BCUT2D eigenvalue weighted by Crippen LogP contribution is -2.58. The van der Waals surface area contributed by atoms with Gasteiger partial charge in [-0.15, -0.1) is 31.7 Å². The van der Waals surface area contributed by atoms with Crippen molar-refractivity contribution in [2.24, 2.45) is 5.41 Å². The number of para-hydroxylation sites is 2. The van der Waals surface area contributed by atoms with E-state index in [-0.39, 0.29) is 73.8 Å². The van der Waals surface area contributed by atoms with Crippen LogP contribution in [-0.4, -0.2) is 145 Å². The molecule has 0 saturated carbocycles. The van der Waals surface area contributed by atoms with Crippen molar-refractivity contribution in [3.8, 4) is 66.7 Å². The molecular formula is C74H82N14O10S. The van der Waals surface area contributed by atoms with E-state index in [0.717, 1.165) is 74.3 Å². The number of benzene rings is 5. The molecule has 0 spiro atoms. The zero-order valence-corrected chi connectivity index (χ0v) is 56.8. The second-order valence-electron chi connectivity index (χ2n) is 25.5. The van der Waals surface area contributed by atoms with Gasteiger partial charge in [-0.3, -0.25) is 23.7 Å². The molecule has 25 heteroatoms. The Morgan fingerprint density at radius 2 is 1.15 bits per heavy atom. The molecule has 514 valence electrons. The van der Waals surface area contributed by atoms with E-state index in [1.807, 2.05) is 91.4 Å². The Bertz CT molecular complexity index is 4400. The van der Waals surface area contributed by atoms with E-state index in [4.69, 9.17) is 26.0 Å². The number of aromatic nitrogens is 9.